The number of tetrazole rings is 1. The number of rotatable bonds is 15. The van der Waals surface area contributed by atoms with E-state index in [9.17, 15) is 13.6 Å². The summed E-state index contributed by atoms with van der Waals surface area (Å²) >= 11 is 0. The first-order chi connectivity index (χ1) is 29.3. The van der Waals surface area contributed by atoms with Gasteiger partial charge in [0.25, 0.3) is 0 Å². The second kappa shape index (κ2) is 17.6. The van der Waals surface area contributed by atoms with Crippen LogP contribution in [0.15, 0.2) is 96.1 Å². The molecule has 2 saturated heterocycles. The van der Waals surface area contributed by atoms with Gasteiger partial charge in [0.05, 0.1) is 31.2 Å². The number of nitrogens with zero attached hydrogens (tertiary/aromatic N) is 5. The summed E-state index contributed by atoms with van der Waals surface area (Å²) in [5.74, 6) is 1.85. The summed E-state index contributed by atoms with van der Waals surface area (Å²) < 4.78 is 52.5. The number of hydrogen-bond acceptors (Lipinski definition) is 9. The summed E-state index contributed by atoms with van der Waals surface area (Å²) in [5, 5.41) is 21.5. The molecule has 0 spiro atoms. The maximum Gasteiger partial charge on any atom is 0.311 e. The van der Waals surface area contributed by atoms with Crippen molar-refractivity contribution in [3.05, 3.63) is 136 Å². The van der Waals surface area contributed by atoms with Gasteiger partial charge in [0.1, 0.15) is 47.8 Å². The topological polar surface area (TPSA) is 126 Å². The number of ether oxygens (including phenoxy) is 4. The van der Waals surface area contributed by atoms with E-state index in [2.05, 4.69) is 20.1 Å². The van der Waals surface area contributed by atoms with Crippen LogP contribution < -0.4 is 23.7 Å². The van der Waals surface area contributed by atoms with E-state index in [0.29, 0.717) is 55.9 Å². The molecule has 5 aromatic rings. The maximum absolute atomic E-state index is 14.0. The van der Waals surface area contributed by atoms with Crippen molar-refractivity contribution in [2.45, 2.75) is 38.1 Å². The fraction of sp³-hybridized carbons (Fsp3) is 0.348. The molecule has 1 aromatic heterocycles. The number of aliphatic carboxylic acids is 1. The SMILES string of the molecule is O=C(O)CCOc1ccc2c(c1)C(c1ccc(F)cc1)=C(CN1CCC([n+]3nc(CCOc4ccc5c(c4)C(c4ccc(F)cc4)=C(CN4CCCC4)CO5)n[nH]3)C1)CO2. The summed E-state index contributed by atoms with van der Waals surface area (Å²) in [6.07, 6.45) is 3.65. The zero-order valence-electron chi connectivity index (χ0n) is 33.2. The van der Waals surface area contributed by atoms with Gasteiger partial charge in [-0.25, -0.2) is 8.78 Å². The Morgan fingerprint density at radius 3 is 1.92 bits per heavy atom. The minimum atomic E-state index is -0.931. The highest BCUT2D eigenvalue weighted by Crippen LogP contribution is 2.42. The zero-order chi connectivity index (χ0) is 41.0. The van der Waals surface area contributed by atoms with E-state index in [1.165, 1.54) is 42.7 Å². The smallest absolute Gasteiger partial charge is 0.311 e. The van der Waals surface area contributed by atoms with E-state index in [-0.39, 0.29) is 30.7 Å². The van der Waals surface area contributed by atoms with Crippen LogP contribution in [0.4, 0.5) is 8.78 Å². The second-order valence-corrected chi connectivity index (χ2v) is 15.7. The molecule has 4 aliphatic heterocycles. The molecule has 0 saturated carbocycles. The number of benzene rings is 4. The predicted molar refractivity (Wildman–Crippen MR) is 218 cm³/mol. The molecule has 9 rings (SSSR count). The van der Waals surface area contributed by atoms with Crippen LogP contribution in [0, 0.1) is 11.6 Å². The number of carboxylic acids is 1. The van der Waals surface area contributed by atoms with Gasteiger partial charge in [-0.05, 0) is 130 Å². The number of nitrogens with one attached hydrogen (secondary N) is 1. The fourth-order valence-electron chi connectivity index (χ4n) is 8.60. The Hall–Kier alpha value is -6.12. The molecule has 0 amide bonds. The van der Waals surface area contributed by atoms with Gasteiger partial charge in [-0.2, -0.15) is 0 Å². The Morgan fingerprint density at radius 2 is 1.33 bits per heavy atom. The number of carboxylic acid groups (broad SMARTS) is 1. The quantitative estimate of drug-likeness (QED) is 0.117. The van der Waals surface area contributed by atoms with Crippen molar-refractivity contribution >= 4 is 17.1 Å². The lowest BCUT2D eigenvalue weighted by Crippen LogP contribution is -2.46. The Labute approximate surface area is 346 Å². The molecule has 2 N–H and O–H groups in total. The molecule has 14 heteroatoms. The van der Waals surface area contributed by atoms with Gasteiger partial charge in [-0.15, -0.1) is 0 Å². The summed E-state index contributed by atoms with van der Waals surface area (Å²) in [7, 11) is 0. The average Bonchev–Trinajstić information content (AvgIpc) is 4.05. The van der Waals surface area contributed by atoms with Crippen molar-refractivity contribution in [2.24, 2.45) is 0 Å². The Kier molecular flexibility index (Phi) is 11.6. The van der Waals surface area contributed by atoms with Crippen LogP contribution in [0.3, 0.4) is 0 Å². The average molecular weight is 818 g/mol. The highest BCUT2D eigenvalue weighted by molar-refractivity contribution is 5.88. The highest BCUT2D eigenvalue weighted by atomic mass is 19.1. The number of likely N-dealkylation sites (tertiary alicyclic amines) is 2. The normalized spacial score (nSPS) is 17.9. The molecule has 310 valence electrons. The van der Waals surface area contributed by atoms with Crippen molar-refractivity contribution in [1.82, 2.24) is 25.2 Å². The first-order valence-electron chi connectivity index (χ1n) is 20.6. The summed E-state index contributed by atoms with van der Waals surface area (Å²) in [6, 6.07) is 24.6. The minimum absolute atomic E-state index is 0.0452. The molecule has 1 atom stereocenters. The van der Waals surface area contributed by atoms with Gasteiger partial charge >= 0.3 is 11.8 Å². The Balaban J connectivity index is 0.855. The zero-order valence-corrected chi connectivity index (χ0v) is 33.2. The van der Waals surface area contributed by atoms with E-state index >= 15 is 0 Å². The van der Waals surface area contributed by atoms with E-state index in [1.807, 2.05) is 47.3 Å². The number of fused-ring (bicyclic) bond motifs is 2. The van der Waals surface area contributed by atoms with Crippen LogP contribution in [0.25, 0.3) is 11.1 Å². The monoisotopic (exact) mass is 817 g/mol. The molecule has 0 bridgehead atoms. The summed E-state index contributed by atoms with van der Waals surface area (Å²) in [6.45, 7) is 6.44. The van der Waals surface area contributed by atoms with Gasteiger partial charge < -0.3 is 24.1 Å². The Morgan fingerprint density at radius 1 is 0.767 bits per heavy atom. The molecular weight excluding hydrogens is 771 g/mol. The van der Waals surface area contributed by atoms with Crippen molar-refractivity contribution in [3.63, 3.8) is 0 Å². The third kappa shape index (κ3) is 8.89. The third-order valence-corrected chi connectivity index (χ3v) is 11.5. The number of halogens is 2. The van der Waals surface area contributed by atoms with Gasteiger partial charge in [-0.3, -0.25) is 14.6 Å². The van der Waals surface area contributed by atoms with Crippen molar-refractivity contribution in [1.29, 1.82) is 0 Å². The molecule has 0 aliphatic carbocycles. The number of H-pyrrole nitrogens is 1. The Bertz CT molecular complexity index is 2410. The van der Waals surface area contributed by atoms with Crippen LogP contribution in [-0.4, -0.2) is 102 Å². The van der Waals surface area contributed by atoms with Crippen LogP contribution in [0.1, 0.15) is 59.8 Å². The number of aromatic amines is 1. The first-order valence-corrected chi connectivity index (χ1v) is 20.6. The van der Waals surface area contributed by atoms with E-state index in [1.54, 1.807) is 18.2 Å². The molecular formula is C46H47F2N6O6+. The maximum atomic E-state index is 14.0. The highest BCUT2D eigenvalue weighted by Gasteiger charge is 2.33. The summed E-state index contributed by atoms with van der Waals surface area (Å²) in [4.78, 5) is 17.7. The summed E-state index contributed by atoms with van der Waals surface area (Å²) in [5.41, 5.74) is 7.84. The van der Waals surface area contributed by atoms with Crippen LogP contribution in [-0.2, 0) is 11.2 Å². The predicted octanol–water partition coefficient (Wildman–Crippen LogP) is 6.28. The lowest BCUT2D eigenvalue weighted by atomic mass is 9.90. The van der Waals surface area contributed by atoms with Gasteiger partial charge in [0, 0.05) is 43.7 Å². The van der Waals surface area contributed by atoms with Crippen molar-refractivity contribution < 1.29 is 42.4 Å². The lowest BCUT2D eigenvalue weighted by Gasteiger charge is -2.27. The number of carbonyl (C=O) groups is 1. The van der Waals surface area contributed by atoms with E-state index in [4.69, 9.17) is 29.2 Å². The largest absolute Gasteiger partial charge is 0.493 e. The molecule has 4 aliphatic rings. The molecule has 60 heavy (non-hydrogen) atoms. The standard InChI is InChI=1S/C46H46F2N6O6/c47-34-7-3-30(4-8-34)45-32(25-52-18-1-2-19-52)28-59-41-13-11-37(23-39(41)45)57-21-16-43-49-51-54(50-43)36-15-20-53(27-36)26-33-29-60-42-14-12-38(58-22-17-44(55)56)24-40(42)46(33)31-5-9-35(48)10-6-31/h3-14,23-24,36H,1-2,15-22,25-29H2,(H,55,56)/p+1. The third-order valence-electron chi connectivity index (χ3n) is 11.5. The number of hydrogen-bond donors (Lipinski definition) is 2. The lowest BCUT2D eigenvalue weighted by molar-refractivity contribution is -0.824. The van der Waals surface area contributed by atoms with Crippen molar-refractivity contribution in [2.75, 3.05) is 65.7 Å². The fourth-order valence-corrected chi connectivity index (χ4v) is 8.60. The van der Waals surface area contributed by atoms with Crippen LogP contribution >= 0.6 is 0 Å². The molecule has 0 radical (unpaired) electrons. The van der Waals surface area contributed by atoms with Gasteiger partial charge in [0.15, 0.2) is 6.04 Å². The molecule has 5 heterocycles. The number of aromatic nitrogens is 4. The van der Waals surface area contributed by atoms with Crippen LogP contribution in [0.2, 0.25) is 0 Å². The van der Waals surface area contributed by atoms with Gasteiger partial charge in [-0.1, -0.05) is 29.1 Å². The van der Waals surface area contributed by atoms with Crippen molar-refractivity contribution in [3.8, 4) is 23.0 Å². The first kappa shape index (κ1) is 39.3. The van der Waals surface area contributed by atoms with E-state index in [0.717, 1.165) is 83.9 Å². The molecule has 4 aromatic carbocycles. The molecule has 2 fully saturated rings. The van der Waals surface area contributed by atoms with E-state index < -0.39 is 5.97 Å². The molecule has 12 nitrogen and oxygen atoms in total. The minimum Gasteiger partial charge on any atom is -0.493 e. The molecule has 1 unspecified atom stereocenters. The second-order valence-electron chi connectivity index (χ2n) is 15.7. The van der Waals surface area contributed by atoms with Crippen LogP contribution in [0.5, 0.6) is 23.0 Å². The van der Waals surface area contributed by atoms with Gasteiger partial charge in [0.2, 0.25) is 0 Å².